The highest BCUT2D eigenvalue weighted by atomic mass is 19.4. The van der Waals surface area contributed by atoms with E-state index in [4.69, 9.17) is 9.47 Å². The van der Waals surface area contributed by atoms with Crippen molar-refractivity contribution in [2.75, 3.05) is 31.6 Å². The van der Waals surface area contributed by atoms with Gasteiger partial charge in [-0.15, -0.1) is 0 Å². The van der Waals surface area contributed by atoms with Gasteiger partial charge in [0.2, 0.25) is 0 Å². The summed E-state index contributed by atoms with van der Waals surface area (Å²) in [5.41, 5.74) is 0.961. The minimum atomic E-state index is -8.08. The molecular weight excluding hydrogens is 715 g/mol. The lowest BCUT2D eigenvalue weighted by Crippen LogP contribution is -2.71. The number of hydrogen-bond donors (Lipinski definition) is 2. The van der Waals surface area contributed by atoms with Gasteiger partial charge < -0.3 is 24.8 Å². The highest BCUT2D eigenvalue weighted by molar-refractivity contribution is 5.89. The van der Waals surface area contributed by atoms with Crippen molar-refractivity contribution in [3.05, 3.63) is 59.7 Å². The van der Waals surface area contributed by atoms with Gasteiger partial charge in [-0.3, -0.25) is 0 Å². The number of halogens is 13. The van der Waals surface area contributed by atoms with E-state index < -0.39 is 73.6 Å². The zero-order chi connectivity index (χ0) is 38.5. The fraction of sp³-hybridized carbons (Fsp3) is 0.533. The molecule has 2 amide bonds. The van der Waals surface area contributed by atoms with Crippen LogP contribution in [0, 0.1) is 0 Å². The second kappa shape index (κ2) is 15.5. The van der Waals surface area contributed by atoms with Crippen molar-refractivity contribution < 1.29 is 81.2 Å². The first kappa shape index (κ1) is 42.2. The number of carbonyl (C=O) groups is 2. The van der Waals surface area contributed by atoms with Crippen molar-refractivity contribution in [2.24, 2.45) is 0 Å². The van der Waals surface area contributed by atoms with Crippen molar-refractivity contribution in [3.8, 4) is 5.75 Å². The van der Waals surface area contributed by atoms with Crippen LogP contribution in [0.1, 0.15) is 37.8 Å². The lowest BCUT2D eigenvalue weighted by molar-refractivity contribution is -0.439. The van der Waals surface area contributed by atoms with Crippen LogP contribution in [0.3, 0.4) is 0 Å². The summed E-state index contributed by atoms with van der Waals surface area (Å²) in [5, 5.41) is 11.2. The summed E-state index contributed by atoms with van der Waals surface area (Å²) in [6.45, 7) is 0.242. The minimum Gasteiger partial charge on any atom is -0.492 e. The van der Waals surface area contributed by atoms with Crippen LogP contribution in [-0.4, -0.2) is 90.2 Å². The van der Waals surface area contributed by atoms with Crippen LogP contribution in [0.25, 0.3) is 0 Å². The summed E-state index contributed by atoms with van der Waals surface area (Å²) in [7, 11) is 0. The van der Waals surface area contributed by atoms with Crippen LogP contribution in [-0.2, 0) is 16.0 Å². The van der Waals surface area contributed by atoms with E-state index >= 15 is 0 Å². The molecule has 0 saturated heterocycles. The molecule has 282 valence electrons. The first-order chi connectivity index (χ1) is 22.7. The number of carbonyl (C=O) groups excluding carboxylic acids is 1. The van der Waals surface area contributed by atoms with Crippen LogP contribution < -0.4 is 10.1 Å². The fourth-order valence-electron chi connectivity index (χ4n) is 4.18. The molecule has 0 aromatic heterocycles. The molecule has 2 aromatic rings. The zero-order valence-corrected chi connectivity index (χ0v) is 26.2. The molecule has 0 bridgehead atoms. The molecule has 0 fully saturated rings. The van der Waals surface area contributed by atoms with E-state index in [1.807, 2.05) is 5.32 Å². The van der Waals surface area contributed by atoms with Gasteiger partial charge in [0, 0.05) is 18.7 Å². The van der Waals surface area contributed by atoms with Crippen molar-refractivity contribution in [2.45, 2.75) is 75.0 Å². The Hall–Kier alpha value is -3.97. The van der Waals surface area contributed by atoms with Crippen molar-refractivity contribution in [1.82, 2.24) is 4.90 Å². The number of aliphatic carboxylic acids is 1. The predicted octanol–water partition coefficient (Wildman–Crippen LogP) is 8.49. The predicted molar refractivity (Wildman–Crippen MR) is 151 cm³/mol. The first-order valence-corrected chi connectivity index (χ1v) is 14.4. The molecule has 0 aliphatic rings. The van der Waals surface area contributed by atoms with E-state index in [1.165, 1.54) is 48.5 Å². The molecule has 0 saturated carbocycles. The number of ether oxygens (including phenoxy) is 2. The molecule has 0 aliphatic heterocycles. The number of carboxylic acids is 1. The van der Waals surface area contributed by atoms with Gasteiger partial charge in [-0.25, -0.2) is 9.59 Å². The van der Waals surface area contributed by atoms with Gasteiger partial charge in [0.1, 0.15) is 12.4 Å². The number of urea groups is 1. The standard InChI is InChI=1S/C30H31F13N2O5/c1-4-49-22(23(46)47)15-18-5-11-21(12-6-18)50-14-13-45(24(48)44-20-9-7-19(8-10-20)17(2)3)16-25(31,32)26(33,34)27(35,36)28(37,38)29(39,40)30(41,42)43/h5-12,17,22H,4,13-16H2,1-3H3,(H,44,48)(H,46,47). The molecule has 2 rings (SSSR count). The Kier molecular flexibility index (Phi) is 13.1. The number of amides is 2. The average molecular weight is 747 g/mol. The summed E-state index contributed by atoms with van der Waals surface area (Å²) in [6, 6.07) is 8.79. The number of benzene rings is 2. The van der Waals surface area contributed by atoms with E-state index in [9.17, 15) is 71.8 Å². The number of anilines is 1. The number of rotatable bonds is 17. The van der Waals surface area contributed by atoms with E-state index in [0.29, 0.717) is 11.1 Å². The molecular formula is C30H31F13N2O5. The smallest absolute Gasteiger partial charge is 0.460 e. The summed E-state index contributed by atoms with van der Waals surface area (Å²) >= 11 is 0. The van der Waals surface area contributed by atoms with Crippen molar-refractivity contribution in [3.63, 3.8) is 0 Å². The Morgan fingerprint density at radius 2 is 1.30 bits per heavy atom. The van der Waals surface area contributed by atoms with Crippen LogP contribution in [0.2, 0.25) is 0 Å². The lowest BCUT2D eigenvalue weighted by atomic mass is 9.93. The van der Waals surface area contributed by atoms with Crippen LogP contribution in [0.15, 0.2) is 48.5 Å². The summed E-state index contributed by atoms with van der Waals surface area (Å²) < 4.78 is 189. The Morgan fingerprint density at radius 3 is 1.76 bits per heavy atom. The minimum absolute atomic E-state index is 0.0313. The third kappa shape index (κ3) is 9.03. The van der Waals surface area contributed by atoms with Gasteiger partial charge >= 0.3 is 47.8 Å². The van der Waals surface area contributed by atoms with Crippen molar-refractivity contribution >= 4 is 17.7 Å². The Bertz CT molecular complexity index is 1430. The van der Waals surface area contributed by atoms with E-state index in [1.54, 1.807) is 20.8 Å². The Morgan fingerprint density at radius 1 is 0.780 bits per heavy atom. The normalized spacial score (nSPS) is 14.0. The van der Waals surface area contributed by atoms with Crippen LogP contribution in [0.5, 0.6) is 5.75 Å². The van der Waals surface area contributed by atoms with Gasteiger partial charge in [-0.05, 0) is 48.2 Å². The number of carboxylic acid groups (broad SMARTS) is 1. The third-order valence-electron chi connectivity index (χ3n) is 7.12. The highest BCUT2D eigenvalue weighted by Gasteiger charge is 2.90. The summed E-state index contributed by atoms with van der Waals surface area (Å²) in [4.78, 5) is 23.8. The SMILES string of the molecule is CCOC(Cc1ccc(OCCN(CC(F)(F)C(F)(F)C(F)(F)C(F)(F)C(F)(F)C(F)(F)F)C(=O)Nc2ccc(C(C)C)cc2)cc1)C(=O)O. The van der Waals surface area contributed by atoms with Gasteiger partial charge in [0.15, 0.2) is 6.10 Å². The maximum atomic E-state index is 14.8. The second-order valence-electron chi connectivity index (χ2n) is 11.1. The Balaban J connectivity index is 2.36. The first-order valence-electron chi connectivity index (χ1n) is 14.4. The summed E-state index contributed by atoms with van der Waals surface area (Å²) in [6.07, 6.45) is -8.87. The molecule has 0 heterocycles. The van der Waals surface area contributed by atoms with Gasteiger partial charge in [-0.1, -0.05) is 38.1 Å². The maximum Gasteiger partial charge on any atom is 0.460 e. The summed E-state index contributed by atoms with van der Waals surface area (Å²) in [5.74, 6) is -39.5. The fourth-order valence-corrected chi connectivity index (χ4v) is 4.18. The Labute approximate surface area is 276 Å². The molecule has 1 atom stereocenters. The van der Waals surface area contributed by atoms with E-state index in [0.717, 1.165) is 0 Å². The molecule has 20 heteroatoms. The third-order valence-corrected chi connectivity index (χ3v) is 7.12. The topological polar surface area (TPSA) is 88.1 Å². The maximum absolute atomic E-state index is 14.8. The molecule has 0 aliphatic carbocycles. The van der Waals surface area contributed by atoms with Crippen LogP contribution in [0.4, 0.5) is 67.6 Å². The average Bonchev–Trinajstić information content (AvgIpc) is 3.00. The number of nitrogens with one attached hydrogen (secondary N) is 1. The second-order valence-corrected chi connectivity index (χ2v) is 11.1. The monoisotopic (exact) mass is 746 g/mol. The number of nitrogens with zero attached hydrogens (tertiary/aromatic N) is 1. The van der Waals surface area contributed by atoms with Gasteiger partial charge in [-0.2, -0.15) is 57.1 Å². The zero-order valence-electron chi connectivity index (χ0n) is 26.2. The quantitative estimate of drug-likeness (QED) is 0.159. The largest absolute Gasteiger partial charge is 0.492 e. The van der Waals surface area contributed by atoms with E-state index in [-0.39, 0.29) is 35.3 Å². The van der Waals surface area contributed by atoms with Crippen molar-refractivity contribution in [1.29, 1.82) is 0 Å². The highest BCUT2D eigenvalue weighted by Crippen LogP contribution is 2.60. The van der Waals surface area contributed by atoms with Crippen LogP contribution >= 0.6 is 0 Å². The lowest BCUT2D eigenvalue weighted by Gasteiger charge is -2.40. The molecule has 50 heavy (non-hydrogen) atoms. The molecule has 2 N–H and O–H groups in total. The molecule has 0 radical (unpaired) electrons. The number of hydrogen-bond acceptors (Lipinski definition) is 4. The molecule has 0 spiro atoms. The van der Waals surface area contributed by atoms with E-state index in [2.05, 4.69) is 0 Å². The van der Waals surface area contributed by atoms with Gasteiger partial charge in [0.25, 0.3) is 0 Å². The molecule has 7 nitrogen and oxygen atoms in total. The number of alkyl halides is 13. The van der Waals surface area contributed by atoms with Gasteiger partial charge in [0.05, 0.1) is 13.1 Å². The molecule has 2 aromatic carbocycles. The molecule has 1 unspecified atom stereocenters.